The van der Waals surface area contributed by atoms with Crippen LogP contribution >= 0.6 is 0 Å². The van der Waals surface area contributed by atoms with Crippen molar-refractivity contribution in [3.63, 3.8) is 0 Å². The number of rotatable bonds is 2. The molecule has 0 saturated heterocycles. The zero-order valence-electron chi connectivity index (χ0n) is 7.43. The Balaban J connectivity index is 3.26. The number of nitro benzene ring substituents is 1. The highest BCUT2D eigenvalue weighted by Crippen LogP contribution is 2.17. The van der Waals surface area contributed by atoms with E-state index in [-0.39, 0.29) is 11.3 Å². The Bertz CT molecular complexity index is 518. The summed E-state index contributed by atoms with van der Waals surface area (Å²) in [6.07, 6.45) is 0.385. The Labute approximate surface area is 85.1 Å². The zero-order valence-corrected chi connectivity index (χ0v) is 7.43. The van der Waals surface area contributed by atoms with E-state index in [1.54, 1.807) is 6.07 Å². The van der Waals surface area contributed by atoms with Gasteiger partial charge in [0, 0.05) is 17.6 Å². The van der Waals surface area contributed by atoms with Gasteiger partial charge in [-0.2, -0.15) is 5.26 Å². The highest BCUT2D eigenvalue weighted by atomic mass is 16.6. The maximum Gasteiger partial charge on any atom is 0.279 e. The first-order valence-corrected chi connectivity index (χ1v) is 3.82. The maximum atomic E-state index is 10.5. The summed E-state index contributed by atoms with van der Waals surface area (Å²) < 4.78 is 0. The largest absolute Gasteiger partial charge is 0.298 e. The van der Waals surface area contributed by atoms with E-state index in [2.05, 4.69) is 11.8 Å². The van der Waals surface area contributed by atoms with Crippen LogP contribution in [-0.4, -0.2) is 11.2 Å². The molecule has 0 heterocycles. The van der Waals surface area contributed by atoms with Crippen LogP contribution in [0, 0.1) is 33.3 Å². The smallest absolute Gasteiger partial charge is 0.279 e. The Morgan fingerprint density at radius 1 is 1.47 bits per heavy atom. The van der Waals surface area contributed by atoms with Crippen molar-refractivity contribution in [2.24, 2.45) is 0 Å². The lowest BCUT2D eigenvalue weighted by atomic mass is 10.1. The molecule has 0 unspecified atom stereocenters. The summed E-state index contributed by atoms with van der Waals surface area (Å²) in [5.41, 5.74) is 0.0708. The fourth-order valence-corrected chi connectivity index (χ4v) is 0.993. The molecule has 0 aliphatic carbocycles. The van der Waals surface area contributed by atoms with E-state index in [0.29, 0.717) is 11.8 Å². The van der Waals surface area contributed by atoms with Crippen molar-refractivity contribution < 1.29 is 9.72 Å². The van der Waals surface area contributed by atoms with Gasteiger partial charge in [-0.15, -0.1) is 0 Å². The molecule has 0 radical (unpaired) electrons. The average Bonchev–Trinajstić information content (AvgIpc) is 2.25. The second kappa shape index (κ2) is 4.54. The number of nitrogens with zero attached hydrogens (tertiary/aromatic N) is 2. The van der Waals surface area contributed by atoms with E-state index in [9.17, 15) is 14.9 Å². The third kappa shape index (κ3) is 2.39. The molecular formula is C10H4N2O3. The molecule has 1 aromatic rings. The van der Waals surface area contributed by atoms with Crippen molar-refractivity contribution >= 4 is 12.0 Å². The molecule has 0 aromatic heterocycles. The van der Waals surface area contributed by atoms with Gasteiger partial charge in [-0.25, -0.2) is 0 Å². The summed E-state index contributed by atoms with van der Waals surface area (Å²) in [4.78, 5) is 20.4. The average molecular weight is 200 g/mol. The van der Waals surface area contributed by atoms with Crippen molar-refractivity contribution in [2.45, 2.75) is 0 Å². The van der Waals surface area contributed by atoms with E-state index in [4.69, 9.17) is 5.26 Å². The van der Waals surface area contributed by atoms with Crippen molar-refractivity contribution in [1.82, 2.24) is 0 Å². The van der Waals surface area contributed by atoms with Gasteiger partial charge in [-0.05, 0) is 12.1 Å². The number of carbonyl (C=O) groups excluding carboxylic acids is 1. The topological polar surface area (TPSA) is 84.0 Å². The Kier molecular flexibility index (Phi) is 3.15. The number of carbonyl (C=O) groups is 1. The molecule has 0 saturated carbocycles. The van der Waals surface area contributed by atoms with Crippen LogP contribution in [0.3, 0.4) is 0 Å². The molecule has 0 N–H and O–H groups in total. The summed E-state index contributed by atoms with van der Waals surface area (Å²) in [6, 6.07) is 5.45. The SMILES string of the molecule is N#CC#Cc1ccc([N+](=O)[O-])c(C=O)c1. The zero-order chi connectivity index (χ0) is 11.3. The number of nitriles is 1. The van der Waals surface area contributed by atoms with Crippen LogP contribution in [0.2, 0.25) is 0 Å². The number of hydrogen-bond donors (Lipinski definition) is 0. The summed E-state index contributed by atoms with van der Waals surface area (Å²) >= 11 is 0. The molecule has 0 aliphatic heterocycles. The Hall–Kier alpha value is -2.66. The monoisotopic (exact) mass is 200 g/mol. The molecule has 1 rings (SSSR count). The Morgan fingerprint density at radius 3 is 2.73 bits per heavy atom. The van der Waals surface area contributed by atoms with Crippen LogP contribution < -0.4 is 0 Å². The summed E-state index contributed by atoms with van der Waals surface area (Å²) in [7, 11) is 0. The first kappa shape index (κ1) is 10.4. The lowest BCUT2D eigenvalue weighted by Gasteiger charge is -1.95. The normalized spacial score (nSPS) is 8.20. The molecule has 0 spiro atoms. The molecule has 5 nitrogen and oxygen atoms in total. The van der Waals surface area contributed by atoms with E-state index in [1.165, 1.54) is 18.2 Å². The van der Waals surface area contributed by atoms with Gasteiger partial charge >= 0.3 is 0 Å². The first-order chi connectivity index (χ1) is 7.19. The van der Waals surface area contributed by atoms with Gasteiger partial charge in [0.1, 0.15) is 0 Å². The first-order valence-electron chi connectivity index (χ1n) is 3.82. The van der Waals surface area contributed by atoms with Crippen LogP contribution in [0.5, 0.6) is 0 Å². The molecule has 0 aliphatic rings. The predicted molar refractivity (Wildman–Crippen MR) is 51.0 cm³/mol. The van der Waals surface area contributed by atoms with Gasteiger partial charge in [-0.1, -0.05) is 5.92 Å². The van der Waals surface area contributed by atoms with Crippen molar-refractivity contribution in [2.75, 3.05) is 0 Å². The van der Waals surface area contributed by atoms with E-state index < -0.39 is 4.92 Å². The van der Waals surface area contributed by atoms with E-state index in [1.807, 2.05) is 0 Å². The van der Waals surface area contributed by atoms with Gasteiger partial charge in [0.05, 0.1) is 10.5 Å². The Morgan fingerprint density at radius 2 is 2.20 bits per heavy atom. The van der Waals surface area contributed by atoms with Gasteiger partial charge in [0.25, 0.3) is 5.69 Å². The molecule has 0 atom stereocenters. The highest BCUT2D eigenvalue weighted by Gasteiger charge is 2.12. The minimum Gasteiger partial charge on any atom is -0.298 e. The fraction of sp³-hybridized carbons (Fsp3) is 0. The number of aldehydes is 1. The second-order valence-corrected chi connectivity index (χ2v) is 2.51. The quantitative estimate of drug-likeness (QED) is 0.311. The standard InChI is InChI=1S/C10H4N2O3/c11-5-1-2-8-3-4-10(12(14)15)9(6-8)7-13/h3-4,6-7H. The van der Waals surface area contributed by atoms with Crippen LogP contribution in [0.1, 0.15) is 15.9 Å². The lowest BCUT2D eigenvalue weighted by Crippen LogP contribution is -1.94. The fourth-order valence-electron chi connectivity index (χ4n) is 0.993. The third-order valence-electron chi connectivity index (χ3n) is 1.61. The van der Waals surface area contributed by atoms with Crippen molar-refractivity contribution in [1.29, 1.82) is 5.26 Å². The lowest BCUT2D eigenvalue weighted by molar-refractivity contribution is -0.385. The predicted octanol–water partition coefficient (Wildman–Crippen LogP) is 1.28. The second-order valence-electron chi connectivity index (χ2n) is 2.51. The van der Waals surface area contributed by atoms with Crippen LogP contribution in [0.15, 0.2) is 18.2 Å². The highest BCUT2D eigenvalue weighted by molar-refractivity contribution is 5.82. The molecular weight excluding hydrogens is 196 g/mol. The van der Waals surface area contributed by atoms with Gasteiger partial charge in [0.15, 0.2) is 12.4 Å². The van der Waals surface area contributed by atoms with Crippen molar-refractivity contribution in [3.05, 3.63) is 39.4 Å². The van der Waals surface area contributed by atoms with Crippen molar-refractivity contribution in [3.8, 4) is 17.9 Å². The summed E-state index contributed by atoms with van der Waals surface area (Å²) in [6.45, 7) is 0. The molecule has 5 heteroatoms. The van der Waals surface area contributed by atoms with Gasteiger partial charge in [-0.3, -0.25) is 14.9 Å². The van der Waals surface area contributed by atoms with E-state index >= 15 is 0 Å². The van der Waals surface area contributed by atoms with Crippen LogP contribution in [0.25, 0.3) is 0 Å². The number of hydrogen-bond acceptors (Lipinski definition) is 4. The third-order valence-corrected chi connectivity index (χ3v) is 1.61. The van der Waals surface area contributed by atoms with Crippen LogP contribution in [-0.2, 0) is 0 Å². The van der Waals surface area contributed by atoms with Gasteiger partial charge < -0.3 is 0 Å². The van der Waals surface area contributed by atoms with E-state index in [0.717, 1.165) is 0 Å². The molecule has 0 amide bonds. The molecule has 0 bridgehead atoms. The van der Waals surface area contributed by atoms with Crippen LogP contribution in [0.4, 0.5) is 5.69 Å². The maximum absolute atomic E-state index is 10.5. The minimum atomic E-state index is -0.648. The van der Waals surface area contributed by atoms with Gasteiger partial charge in [0.2, 0.25) is 0 Å². The molecule has 0 fully saturated rings. The summed E-state index contributed by atoms with van der Waals surface area (Å²) in [5, 5.41) is 18.7. The molecule has 1 aromatic carbocycles. The summed E-state index contributed by atoms with van der Waals surface area (Å²) in [5.74, 6) is 4.58. The molecule has 15 heavy (non-hydrogen) atoms. The number of nitro groups is 1. The minimum absolute atomic E-state index is 0.0512. The molecule has 72 valence electrons. The number of benzene rings is 1.